The van der Waals surface area contributed by atoms with Crippen molar-refractivity contribution in [3.05, 3.63) is 59.8 Å². The number of thiocarbonyl (C=S) groups is 1. The molecular weight excluding hydrogens is 358 g/mol. The third kappa shape index (κ3) is 3.41. The predicted octanol–water partition coefficient (Wildman–Crippen LogP) is 2.42. The van der Waals surface area contributed by atoms with Crippen LogP contribution in [0.15, 0.2) is 64.7 Å². The van der Waals surface area contributed by atoms with Crippen LogP contribution in [0.3, 0.4) is 0 Å². The van der Waals surface area contributed by atoms with Crippen LogP contribution in [0.4, 0.5) is 0 Å². The van der Waals surface area contributed by atoms with Gasteiger partial charge in [-0.15, -0.1) is 6.58 Å². The lowest BCUT2D eigenvalue weighted by atomic mass is 9.88. The number of halogens is 1. The minimum Gasteiger partial charge on any atom is -0.298 e. The molecule has 5 nitrogen and oxygen atoms in total. The summed E-state index contributed by atoms with van der Waals surface area (Å²) in [4.78, 5) is 30.5. The number of fused-ring (bicyclic) bond motifs is 1. The highest BCUT2D eigenvalue weighted by molar-refractivity contribution is 7.80. The lowest BCUT2D eigenvalue weighted by Gasteiger charge is -2.28. The molecule has 2 unspecified atom stereocenters. The highest BCUT2D eigenvalue weighted by Gasteiger charge is 2.33. The van der Waals surface area contributed by atoms with Crippen LogP contribution in [-0.4, -0.2) is 39.6 Å². The summed E-state index contributed by atoms with van der Waals surface area (Å²) in [6.45, 7) is 5.82. The van der Waals surface area contributed by atoms with Crippen molar-refractivity contribution in [1.29, 1.82) is 0 Å². The smallest absolute Gasteiger partial charge is 0.265 e. The fourth-order valence-electron chi connectivity index (χ4n) is 2.85. The molecule has 1 aliphatic carbocycles. The number of dihydropyridines is 1. The Morgan fingerprint density at radius 2 is 2.20 bits per heavy atom. The summed E-state index contributed by atoms with van der Waals surface area (Å²) in [6, 6.07) is -0.0564. The first-order valence-corrected chi connectivity index (χ1v) is 8.51. The molecular formula is C18H16ClN3O2S. The van der Waals surface area contributed by atoms with E-state index in [0.717, 1.165) is 5.57 Å². The third-order valence-electron chi connectivity index (χ3n) is 4.08. The zero-order valence-electron chi connectivity index (χ0n) is 13.5. The van der Waals surface area contributed by atoms with Crippen molar-refractivity contribution in [2.45, 2.75) is 13.0 Å². The van der Waals surface area contributed by atoms with Crippen molar-refractivity contribution >= 4 is 45.9 Å². The monoisotopic (exact) mass is 373 g/mol. The summed E-state index contributed by atoms with van der Waals surface area (Å²) in [7, 11) is 0. The second-order valence-corrected chi connectivity index (χ2v) is 6.65. The maximum atomic E-state index is 12.6. The maximum absolute atomic E-state index is 12.6. The molecule has 2 heterocycles. The first-order chi connectivity index (χ1) is 11.9. The summed E-state index contributed by atoms with van der Waals surface area (Å²) < 4.78 is 0. The van der Waals surface area contributed by atoms with Crippen molar-refractivity contribution in [3.63, 3.8) is 0 Å². The summed E-state index contributed by atoms with van der Waals surface area (Å²) in [5, 5.41) is 2.85. The van der Waals surface area contributed by atoms with Gasteiger partial charge < -0.3 is 0 Å². The fourth-order valence-corrected chi connectivity index (χ4v) is 3.33. The zero-order chi connectivity index (χ0) is 18.1. The maximum Gasteiger partial charge on any atom is 0.265 e. The Morgan fingerprint density at radius 1 is 1.44 bits per heavy atom. The standard InChI is InChI=1S/C18H16ClN3O2S/c1-3-6-22-17(24)13(16(23)21-18(22)25)9-12-8-11-7-10(2)4-5-14(11)20-15(12)19/h3-5,7-9,11,14H,1,6H2,2H3,(H,21,23,25)/b13-9+. The minimum atomic E-state index is -0.543. The van der Waals surface area contributed by atoms with Gasteiger partial charge >= 0.3 is 0 Å². The van der Waals surface area contributed by atoms with Gasteiger partial charge in [0.25, 0.3) is 11.8 Å². The zero-order valence-corrected chi connectivity index (χ0v) is 15.1. The molecule has 1 N–H and O–H groups in total. The van der Waals surface area contributed by atoms with E-state index < -0.39 is 11.8 Å². The van der Waals surface area contributed by atoms with Crippen molar-refractivity contribution in [2.24, 2.45) is 10.9 Å². The Morgan fingerprint density at radius 3 is 2.92 bits per heavy atom. The second-order valence-electron chi connectivity index (χ2n) is 5.90. The number of hydrogen-bond acceptors (Lipinski definition) is 4. The molecule has 3 rings (SSSR count). The van der Waals surface area contributed by atoms with E-state index in [1.807, 2.05) is 25.2 Å². The topological polar surface area (TPSA) is 61.8 Å². The Bertz CT molecular complexity index is 835. The summed E-state index contributed by atoms with van der Waals surface area (Å²) in [6.07, 6.45) is 11.0. The molecule has 2 aliphatic heterocycles. The van der Waals surface area contributed by atoms with E-state index in [2.05, 4.69) is 23.0 Å². The normalized spacial score (nSPS) is 27.4. The average Bonchev–Trinajstić information content (AvgIpc) is 2.56. The predicted molar refractivity (Wildman–Crippen MR) is 102 cm³/mol. The van der Waals surface area contributed by atoms with Crippen molar-refractivity contribution in [3.8, 4) is 0 Å². The van der Waals surface area contributed by atoms with Crippen LogP contribution >= 0.6 is 23.8 Å². The molecule has 3 aliphatic rings. The molecule has 0 spiro atoms. The van der Waals surface area contributed by atoms with Crippen LogP contribution in [0.5, 0.6) is 0 Å². The van der Waals surface area contributed by atoms with Crippen LogP contribution in [0.1, 0.15) is 6.92 Å². The Labute approximate surface area is 156 Å². The van der Waals surface area contributed by atoms with Crippen molar-refractivity contribution in [2.75, 3.05) is 6.54 Å². The number of carbonyl (C=O) groups excluding carboxylic acids is 2. The van der Waals surface area contributed by atoms with Crippen molar-refractivity contribution < 1.29 is 9.59 Å². The molecule has 128 valence electrons. The van der Waals surface area contributed by atoms with E-state index in [-0.39, 0.29) is 34.4 Å². The van der Waals surface area contributed by atoms with Crippen LogP contribution in [0, 0.1) is 5.92 Å². The molecule has 1 saturated heterocycles. The van der Waals surface area contributed by atoms with E-state index in [9.17, 15) is 9.59 Å². The van der Waals surface area contributed by atoms with Gasteiger partial charge in [-0.3, -0.25) is 24.8 Å². The van der Waals surface area contributed by atoms with Gasteiger partial charge in [-0.25, -0.2) is 0 Å². The molecule has 0 aromatic rings. The first kappa shape index (κ1) is 17.5. The molecule has 0 aromatic carbocycles. The number of amides is 2. The highest BCUT2D eigenvalue weighted by Crippen LogP contribution is 2.29. The number of rotatable bonds is 3. The quantitative estimate of drug-likeness (QED) is 0.357. The van der Waals surface area contributed by atoms with Gasteiger partial charge in [0.15, 0.2) is 5.11 Å². The lowest BCUT2D eigenvalue weighted by molar-refractivity contribution is -0.128. The average molecular weight is 374 g/mol. The molecule has 2 atom stereocenters. The Hall–Kier alpha value is -2.31. The van der Waals surface area contributed by atoms with Crippen LogP contribution in [0.25, 0.3) is 0 Å². The molecule has 0 aromatic heterocycles. The molecule has 0 saturated carbocycles. The van der Waals surface area contributed by atoms with Gasteiger partial charge in [0.1, 0.15) is 10.7 Å². The Kier molecular flexibility index (Phi) is 4.83. The number of allylic oxidation sites excluding steroid dienone is 4. The van der Waals surface area contributed by atoms with E-state index in [0.29, 0.717) is 5.57 Å². The molecule has 7 heteroatoms. The molecule has 0 radical (unpaired) electrons. The highest BCUT2D eigenvalue weighted by atomic mass is 35.5. The number of aliphatic imine (C=N–C) groups is 1. The van der Waals surface area contributed by atoms with E-state index in [1.54, 1.807) is 6.08 Å². The van der Waals surface area contributed by atoms with Gasteiger partial charge in [0, 0.05) is 18.0 Å². The number of nitrogens with one attached hydrogen (secondary N) is 1. The fraction of sp³-hybridized carbons (Fsp3) is 0.222. The third-order valence-corrected chi connectivity index (χ3v) is 4.71. The number of nitrogens with zero attached hydrogens (tertiary/aromatic N) is 2. The molecule has 2 amide bonds. The van der Waals surface area contributed by atoms with Crippen LogP contribution < -0.4 is 5.32 Å². The second kappa shape index (κ2) is 6.90. The molecule has 0 bridgehead atoms. The van der Waals surface area contributed by atoms with Crippen LogP contribution in [-0.2, 0) is 9.59 Å². The van der Waals surface area contributed by atoms with Gasteiger partial charge in [-0.2, -0.15) is 0 Å². The van der Waals surface area contributed by atoms with Gasteiger partial charge in [0.2, 0.25) is 0 Å². The van der Waals surface area contributed by atoms with Gasteiger partial charge in [0.05, 0.1) is 6.04 Å². The van der Waals surface area contributed by atoms with E-state index in [1.165, 1.54) is 11.0 Å². The summed E-state index contributed by atoms with van der Waals surface area (Å²) in [5.74, 6) is -0.971. The Balaban J connectivity index is 1.95. The lowest BCUT2D eigenvalue weighted by Crippen LogP contribution is -2.54. The first-order valence-electron chi connectivity index (χ1n) is 7.72. The van der Waals surface area contributed by atoms with Gasteiger partial charge in [-0.1, -0.05) is 47.6 Å². The van der Waals surface area contributed by atoms with E-state index in [4.69, 9.17) is 23.8 Å². The van der Waals surface area contributed by atoms with Gasteiger partial charge in [-0.05, 0) is 25.2 Å². The number of carbonyl (C=O) groups is 2. The summed E-state index contributed by atoms with van der Waals surface area (Å²) >= 11 is 11.3. The SMILES string of the molecule is C=CCN1C(=O)/C(=C/C2=CC3C=C(C)C=CC3N=C2Cl)C(=O)NC1=S. The molecule has 1 fully saturated rings. The van der Waals surface area contributed by atoms with E-state index >= 15 is 0 Å². The summed E-state index contributed by atoms with van der Waals surface area (Å²) in [5.41, 5.74) is 1.65. The largest absolute Gasteiger partial charge is 0.298 e. The molecule has 25 heavy (non-hydrogen) atoms. The minimum absolute atomic E-state index is 0.0273. The number of hydrogen-bond donors (Lipinski definition) is 1. The van der Waals surface area contributed by atoms with Crippen molar-refractivity contribution in [1.82, 2.24) is 10.2 Å². The van der Waals surface area contributed by atoms with Crippen LogP contribution in [0.2, 0.25) is 0 Å².